The van der Waals surface area contributed by atoms with Gasteiger partial charge in [0.2, 0.25) is 0 Å². The average Bonchev–Trinajstić information content (AvgIpc) is 2.24. The number of halogens is 2. The fraction of sp³-hybridized carbons (Fsp3) is 0.600. The minimum absolute atomic E-state index is 0.0739. The molecule has 0 fully saturated rings. The number of hydrogen-bond acceptors (Lipinski definition) is 1. The van der Waals surface area contributed by atoms with Gasteiger partial charge in [-0.2, -0.15) is 0 Å². The van der Waals surface area contributed by atoms with Gasteiger partial charge in [0.25, 0.3) is 0 Å². The molecule has 1 unspecified atom stereocenters. The first-order valence-electron chi connectivity index (χ1n) is 6.52. The van der Waals surface area contributed by atoms with Crippen LogP contribution in [0.4, 0.5) is 4.39 Å². The Morgan fingerprint density at radius 2 is 2.00 bits per heavy atom. The Hall–Kier alpha value is -0.410. The highest BCUT2D eigenvalue weighted by Crippen LogP contribution is 2.32. The molecule has 102 valence electrons. The summed E-state index contributed by atoms with van der Waals surface area (Å²) in [6.07, 6.45) is 2.00. The average molecular weight is 316 g/mol. The third-order valence-electron chi connectivity index (χ3n) is 2.98. The lowest BCUT2D eigenvalue weighted by Gasteiger charge is -2.25. The summed E-state index contributed by atoms with van der Waals surface area (Å²) in [6, 6.07) is 5.24. The van der Waals surface area contributed by atoms with Crippen LogP contribution >= 0.6 is 15.9 Å². The zero-order valence-corrected chi connectivity index (χ0v) is 13.3. The summed E-state index contributed by atoms with van der Waals surface area (Å²) in [4.78, 5) is 0. The van der Waals surface area contributed by atoms with Crippen LogP contribution in [0.5, 0.6) is 0 Å². The fourth-order valence-electron chi connectivity index (χ4n) is 2.02. The maximum Gasteiger partial charge on any atom is 0.129 e. The van der Waals surface area contributed by atoms with Crippen molar-refractivity contribution < 1.29 is 4.39 Å². The van der Waals surface area contributed by atoms with Crippen LogP contribution in [0.25, 0.3) is 0 Å². The van der Waals surface area contributed by atoms with Gasteiger partial charge >= 0.3 is 0 Å². The van der Waals surface area contributed by atoms with E-state index >= 15 is 0 Å². The van der Waals surface area contributed by atoms with Gasteiger partial charge in [-0.3, -0.25) is 0 Å². The van der Waals surface area contributed by atoms with Gasteiger partial charge < -0.3 is 5.32 Å². The minimum atomic E-state index is -0.135. The maximum absolute atomic E-state index is 14.0. The van der Waals surface area contributed by atoms with Crippen molar-refractivity contribution >= 4 is 15.9 Å². The van der Waals surface area contributed by atoms with E-state index in [1.807, 2.05) is 6.07 Å². The molecule has 0 aliphatic rings. The molecule has 0 aromatic heterocycles. The van der Waals surface area contributed by atoms with Crippen molar-refractivity contribution in [2.75, 3.05) is 6.54 Å². The van der Waals surface area contributed by atoms with Crippen molar-refractivity contribution in [3.63, 3.8) is 0 Å². The minimum Gasteiger partial charge on any atom is -0.310 e. The van der Waals surface area contributed by atoms with Crippen molar-refractivity contribution in [2.45, 2.75) is 46.6 Å². The second-order valence-corrected chi connectivity index (χ2v) is 6.70. The molecule has 1 atom stereocenters. The zero-order valence-electron chi connectivity index (χ0n) is 11.7. The summed E-state index contributed by atoms with van der Waals surface area (Å²) >= 11 is 3.46. The molecule has 1 nitrogen and oxygen atoms in total. The van der Waals surface area contributed by atoms with E-state index in [9.17, 15) is 4.39 Å². The quantitative estimate of drug-likeness (QED) is 0.800. The molecule has 3 heteroatoms. The predicted octanol–water partition coefficient (Wildman–Crippen LogP) is 5.07. The highest BCUT2D eigenvalue weighted by atomic mass is 79.9. The molecule has 0 spiro atoms. The highest BCUT2D eigenvalue weighted by Gasteiger charge is 2.20. The molecule has 0 radical (unpaired) electrons. The molecule has 0 aliphatic heterocycles. The third kappa shape index (κ3) is 4.69. The Morgan fingerprint density at radius 1 is 1.33 bits per heavy atom. The van der Waals surface area contributed by atoms with Gasteiger partial charge in [-0.1, -0.05) is 49.7 Å². The van der Waals surface area contributed by atoms with Crippen molar-refractivity contribution in [1.82, 2.24) is 5.32 Å². The van der Waals surface area contributed by atoms with Gasteiger partial charge in [-0.25, -0.2) is 4.39 Å². The predicted molar refractivity (Wildman–Crippen MR) is 79.2 cm³/mol. The maximum atomic E-state index is 14.0. The van der Waals surface area contributed by atoms with E-state index in [2.05, 4.69) is 48.9 Å². The van der Waals surface area contributed by atoms with Crippen LogP contribution in [0.3, 0.4) is 0 Å². The second-order valence-electron chi connectivity index (χ2n) is 5.84. The second kappa shape index (κ2) is 6.67. The standard InChI is InChI=1S/C15H23BrFN/c1-5-18-13(9-10-15(2,3)4)14-11(16)7-6-8-12(14)17/h6-8,13,18H,5,9-10H2,1-4H3. The molecule has 1 rings (SSSR count). The van der Waals surface area contributed by atoms with E-state index in [1.54, 1.807) is 6.07 Å². The van der Waals surface area contributed by atoms with Gasteiger partial charge in [0.15, 0.2) is 0 Å². The largest absolute Gasteiger partial charge is 0.310 e. The summed E-state index contributed by atoms with van der Waals surface area (Å²) < 4.78 is 14.8. The topological polar surface area (TPSA) is 12.0 Å². The van der Waals surface area contributed by atoms with Gasteiger partial charge in [-0.15, -0.1) is 0 Å². The smallest absolute Gasteiger partial charge is 0.129 e. The van der Waals surface area contributed by atoms with Gasteiger partial charge in [0.1, 0.15) is 5.82 Å². The summed E-state index contributed by atoms with van der Waals surface area (Å²) in [6.45, 7) is 9.54. The van der Waals surface area contributed by atoms with Crippen molar-refractivity contribution in [3.8, 4) is 0 Å². The lowest BCUT2D eigenvalue weighted by atomic mass is 9.87. The monoisotopic (exact) mass is 315 g/mol. The lowest BCUT2D eigenvalue weighted by molar-refractivity contribution is 0.330. The first kappa shape index (κ1) is 15.6. The van der Waals surface area contributed by atoms with Crippen LogP contribution in [0.15, 0.2) is 22.7 Å². The molecule has 1 aromatic carbocycles. The van der Waals surface area contributed by atoms with E-state index in [0.717, 1.165) is 29.4 Å². The van der Waals surface area contributed by atoms with Crippen LogP contribution in [0.1, 0.15) is 52.1 Å². The normalized spacial score (nSPS) is 13.7. The summed E-state index contributed by atoms with van der Waals surface area (Å²) in [5.74, 6) is -0.135. The molecular weight excluding hydrogens is 293 g/mol. The number of rotatable bonds is 5. The Balaban J connectivity index is 2.90. The number of hydrogen-bond donors (Lipinski definition) is 1. The van der Waals surface area contributed by atoms with E-state index < -0.39 is 0 Å². The van der Waals surface area contributed by atoms with E-state index in [1.165, 1.54) is 6.07 Å². The number of benzene rings is 1. The molecule has 0 saturated carbocycles. The van der Waals surface area contributed by atoms with Gasteiger partial charge in [-0.05, 0) is 36.9 Å². The van der Waals surface area contributed by atoms with E-state index in [-0.39, 0.29) is 17.3 Å². The molecule has 0 aliphatic carbocycles. The summed E-state index contributed by atoms with van der Waals surface area (Å²) in [5.41, 5.74) is 1.02. The molecule has 0 bridgehead atoms. The molecule has 18 heavy (non-hydrogen) atoms. The first-order chi connectivity index (χ1) is 8.35. The van der Waals surface area contributed by atoms with Crippen LogP contribution < -0.4 is 5.32 Å². The van der Waals surface area contributed by atoms with Crippen molar-refractivity contribution in [3.05, 3.63) is 34.1 Å². The van der Waals surface area contributed by atoms with Gasteiger partial charge in [0.05, 0.1) is 0 Å². The number of nitrogens with one attached hydrogen (secondary N) is 1. The Kier molecular flexibility index (Phi) is 5.80. The zero-order chi connectivity index (χ0) is 13.8. The SMILES string of the molecule is CCNC(CCC(C)(C)C)c1c(F)cccc1Br. The molecule has 1 aromatic rings. The Labute approximate surface area is 118 Å². The van der Waals surface area contributed by atoms with Crippen LogP contribution in [0.2, 0.25) is 0 Å². The first-order valence-corrected chi connectivity index (χ1v) is 7.31. The molecular formula is C15H23BrFN. The molecule has 0 saturated heterocycles. The Bertz CT molecular complexity index is 364. The van der Waals surface area contributed by atoms with Gasteiger partial charge in [0, 0.05) is 16.1 Å². The summed E-state index contributed by atoms with van der Waals surface area (Å²) in [5, 5.41) is 3.38. The van der Waals surface area contributed by atoms with Crippen LogP contribution in [-0.2, 0) is 0 Å². The summed E-state index contributed by atoms with van der Waals surface area (Å²) in [7, 11) is 0. The molecule has 0 amide bonds. The van der Waals surface area contributed by atoms with Crippen LogP contribution in [0, 0.1) is 11.2 Å². The highest BCUT2D eigenvalue weighted by molar-refractivity contribution is 9.10. The lowest BCUT2D eigenvalue weighted by Crippen LogP contribution is -2.24. The van der Waals surface area contributed by atoms with E-state index in [0.29, 0.717) is 0 Å². The van der Waals surface area contributed by atoms with Crippen molar-refractivity contribution in [2.24, 2.45) is 5.41 Å². The molecule has 1 N–H and O–H groups in total. The molecule has 0 heterocycles. The third-order valence-corrected chi connectivity index (χ3v) is 3.67. The fourth-order valence-corrected chi connectivity index (χ4v) is 2.63. The van der Waals surface area contributed by atoms with E-state index in [4.69, 9.17) is 0 Å². The van der Waals surface area contributed by atoms with Crippen molar-refractivity contribution in [1.29, 1.82) is 0 Å². The Morgan fingerprint density at radius 3 is 2.50 bits per heavy atom. The van der Waals surface area contributed by atoms with Crippen LogP contribution in [-0.4, -0.2) is 6.54 Å².